The first-order chi connectivity index (χ1) is 8.65. The first kappa shape index (κ1) is 13.9. The number of pyridine rings is 1. The van der Waals surface area contributed by atoms with Crippen LogP contribution in [0, 0.1) is 0 Å². The van der Waals surface area contributed by atoms with Gasteiger partial charge in [-0.25, -0.2) is 4.79 Å². The van der Waals surface area contributed by atoms with Crippen LogP contribution in [0.25, 0.3) is 6.08 Å². The van der Waals surface area contributed by atoms with Crippen molar-refractivity contribution in [3.63, 3.8) is 0 Å². The van der Waals surface area contributed by atoms with Gasteiger partial charge in [0.2, 0.25) is 0 Å². The van der Waals surface area contributed by atoms with Crippen molar-refractivity contribution in [2.75, 3.05) is 20.3 Å². The first-order valence-electron chi connectivity index (χ1n) is 5.28. The molecule has 0 saturated carbocycles. The van der Waals surface area contributed by atoms with Gasteiger partial charge in [-0.3, -0.25) is 9.78 Å². The molecule has 0 radical (unpaired) electrons. The van der Waals surface area contributed by atoms with Gasteiger partial charge in [0, 0.05) is 31.5 Å². The third kappa shape index (κ3) is 4.34. The van der Waals surface area contributed by atoms with E-state index in [0.717, 1.165) is 6.08 Å². The largest absolute Gasteiger partial charge is 0.478 e. The summed E-state index contributed by atoms with van der Waals surface area (Å²) in [4.78, 5) is 26.2. The lowest BCUT2D eigenvalue weighted by Crippen LogP contribution is -2.28. The molecule has 0 fully saturated rings. The standard InChI is InChI=1S/C12H14N2O4/c1-18-8-7-14-12(17)11-9(3-2-6-13-11)4-5-10(15)16/h2-6H,7-8H2,1H3,(H,14,17)(H,15,16)/b5-4+. The average molecular weight is 250 g/mol. The fourth-order valence-electron chi connectivity index (χ4n) is 1.25. The Kier molecular flexibility index (Phi) is 5.53. The van der Waals surface area contributed by atoms with E-state index in [-0.39, 0.29) is 11.6 Å². The number of ether oxygens (including phenoxy) is 1. The number of aromatic nitrogens is 1. The zero-order valence-electron chi connectivity index (χ0n) is 9.92. The minimum absolute atomic E-state index is 0.186. The smallest absolute Gasteiger partial charge is 0.328 e. The van der Waals surface area contributed by atoms with Crippen molar-refractivity contribution in [1.82, 2.24) is 10.3 Å². The molecule has 2 N–H and O–H groups in total. The lowest BCUT2D eigenvalue weighted by molar-refractivity contribution is -0.131. The first-order valence-corrected chi connectivity index (χ1v) is 5.28. The number of methoxy groups -OCH3 is 1. The van der Waals surface area contributed by atoms with E-state index >= 15 is 0 Å². The van der Waals surface area contributed by atoms with E-state index in [9.17, 15) is 9.59 Å². The molecule has 1 aromatic heterocycles. The van der Waals surface area contributed by atoms with Crippen LogP contribution in [0.2, 0.25) is 0 Å². The van der Waals surface area contributed by atoms with Gasteiger partial charge >= 0.3 is 5.97 Å². The Morgan fingerprint density at radius 1 is 1.56 bits per heavy atom. The summed E-state index contributed by atoms with van der Waals surface area (Å²) in [6, 6.07) is 3.26. The number of carboxylic acid groups (broad SMARTS) is 1. The highest BCUT2D eigenvalue weighted by atomic mass is 16.5. The number of rotatable bonds is 6. The van der Waals surface area contributed by atoms with Gasteiger partial charge in [-0.05, 0) is 12.1 Å². The number of aliphatic carboxylic acids is 1. The van der Waals surface area contributed by atoms with E-state index in [4.69, 9.17) is 9.84 Å². The predicted molar refractivity (Wildman–Crippen MR) is 65.1 cm³/mol. The summed E-state index contributed by atoms with van der Waals surface area (Å²) in [6.07, 6.45) is 3.77. The molecule has 0 bridgehead atoms. The molecule has 1 rings (SSSR count). The summed E-state index contributed by atoms with van der Waals surface area (Å²) in [5, 5.41) is 11.2. The van der Waals surface area contributed by atoms with Crippen molar-refractivity contribution >= 4 is 18.0 Å². The summed E-state index contributed by atoms with van der Waals surface area (Å²) in [5.41, 5.74) is 0.640. The summed E-state index contributed by atoms with van der Waals surface area (Å²) >= 11 is 0. The molecular formula is C12H14N2O4. The summed E-state index contributed by atoms with van der Waals surface area (Å²) in [6.45, 7) is 0.771. The van der Waals surface area contributed by atoms with Crippen LogP contribution in [-0.4, -0.2) is 42.2 Å². The van der Waals surface area contributed by atoms with Crippen LogP contribution in [0.3, 0.4) is 0 Å². The maximum absolute atomic E-state index is 11.8. The quantitative estimate of drug-likeness (QED) is 0.568. The van der Waals surface area contributed by atoms with E-state index in [0.29, 0.717) is 18.7 Å². The number of carboxylic acids is 1. The third-order valence-electron chi connectivity index (χ3n) is 2.05. The number of nitrogens with one attached hydrogen (secondary N) is 1. The highest BCUT2D eigenvalue weighted by Gasteiger charge is 2.10. The molecule has 1 amide bonds. The Hall–Kier alpha value is -2.21. The predicted octanol–water partition coefficient (Wildman–Crippen LogP) is 0.556. The van der Waals surface area contributed by atoms with Gasteiger partial charge in [0.15, 0.2) is 0 Å². The number of carbonyl (C=O) groups is 2. The number of nitrogens with zero attached hydrogens (tertiary/aromatic N) is 1. The summed E-state index contributed by atoms with van der Waals surface area (Å²) in [7, 11) is 1.54. The number of hydrogen-bond donors (Lipinski definition) is 2. The normalized spacial score (nSPS) is 10.5. The second-order valence-electron chi connectivity index (χ2n) is 3.36. The van der Waals surface area contributed by atoms with Crippen LogP contribution in [0.15, 0.2) is 24.4 Å². The highest BCUT2D eigenvalue weighted by molar-refractivity contribution is 5.97. The van der Waals surface area contributed by atoms with Crippen LogP contribution in [0.5, 0.6) is 0 Å². The van der Waals surface area contributed by atoms with Crippen LogP contribution in [-0.2, 0) is 9.53 Å². The maximum Gasteiger partial charge on any atom is 0.328 e. The molecule has 96 valence electrons. The van der Waals surface area contributed by atoms with Crippen molar-refractivity contribution in [2.24, 2.45) is 0 Å². The Morgan fingerprint density at radius 3 is 3.00 bits per heavy atom. The lowest BCUT2D eigenvalue weighted by Gasteiger charge is -2.06. The minimum Gasteiger partial charge on any atom is -0.478 e. The van der Waals surface area contributed by atoms with Crippen molar-refractivity contribution in [3.05, 3.63) is 35.7 Å². The molecule has 0 spiro atoms. The number of hydrogen-bond acceptors (Lipinski definition) is 4. The van der Waals surface area contributed by atoms with Gasteiger partial charge < -0.3 is 15.2 Å². The van der Waals surface area contributed by atoms with E-state index in [2.05, 4.69) is 10.3 Å². The van der Waals surface area contributed by atoms with Crippen LogP contribution in [0.4, 0.5) is 0 Å². The molecule has 0 aliphatic carbocycles. The van der Waals surface area contributed by atoms with Crippen molar-refractivity contribution < 1.29 is 19.4 Å². The van der Waals surface area contributed by atoms with Gasteiger partial charge in [-0.1, -0.05) is 6.07 Å². The zero-order valence-corrected chi connectivity index (χ0v) is 9.92. The van der Waals surface area contributed by atoms with Gasteiger partial charge in [0.1, 0.15) is 5.69 Å². The lowest BCUT2D eigenvalue weighted by atomic mass is 10.1. The molecule has 0 unspecified atom stereocenters. The molecule has 0 aromatic carbocycles. The van der Waals surface area contributed by atoms with Crippen molar-refractivity contribution in [1.29, 1.82) is 0 Å². The average Bonchev–Trinajstić information content (AvgIpc) is 2.37. The number of amides is 1. The van der Waals surface area contributed by atoms with Crippen LogP contribution < -0.4 is 5.32 Å². The Balaban J connectivity index is 2.81. The van der Waals surface area contributed by atoms with Crippen molar-refractivity contribution in [2.45, 2.75) is 0 Å². The SMILES string of the molecule is COCCNC(=O)c1ncccc1/C=C/C(=O)O. The van der Waals surface area contributed by atoms with E-state index < -0.39 is 5.97 Å². The van der Waals surface area contributed by atoms with Crippen molar-refractivity contribution in [3.8, 4) is 0 Å². The van der Waals surface area contributed by atoms with Crippen LogP contribution >= 0.6 is 0 Å². The topological polar surface area (TPSA) is 88.5 Å². The fourth-order valence-corrected chi connectivity index (χ4v) is 1.25. The second-order valence-corrected chi connectivity index (χ2v) is 3.36. The molecule has 1 heterocycles. The Labute approximate surface area is 104 Å². The zero-order chi connectivity index (χ0) is 13.4. The molecule has 6 heteroatoms. The fraction of sp³-hybridized carbons (Fsp3) is 0.250. The monoisotopic (exact) mass is 250 g/mol. The molecule has 18 heavy (non-hydrogen) atoms. The molecule has 1 aromatic rings. The second kappa shape index (κ2) is 7.18. The maximum atomic E-state index is 11.8. The van der Waals surface area contributed by atoms with E-state index in [1.807, 2.05) is 0 Å². The van der Waals surface area contributed by atoms with Gasteiger partial charge in [-0.2, -0.15) is 0 Å². The minimum atomic E-state index is -1.08. The molecule has 0 saturated heterocycles. The van der Waals surface area contributed by atoms with E-state index in [1.54, 1.807) is 12.1 Å². The molecule has 6 nitrogen and oxygen atoms in total. The van der Waals surface area contributed by atoms with Crippen LogP contribution in [0.1, 0.15) is 16.1 Å². The molecule has 0 atom stereocenters. The third-order valence-corrected chi connectivity index (χ3v) is 2.05. The van der Waals surface area contributed by atoms with Gasteiger partial charge in [-0.15, -0.1) is 0 Å². The molecular weight excluding hydrogens is 236 g/mol. The summed E-state index contributed by atoms with van der Waals surface area (Å²) in [5.74, 6) is -1.44. The Bertz CT molecular complexity index is 457. The van der Waals surface area contributed by atoms with Gasteiger partial charge in [0.05, 0.1) is 6.61 Å². The highest BCUT2D eigenvalue weighted by Crippen LogP contribution is 2.07. The Morgan fingerprint density at radius 2 is 2.33 bits per heavy atom. The van der Waals surface area contributed by atoms with Gasteiger partial charge in [0.25, 0.3) is 5.91 Å². The van der Waals surface area contributed by atoms with E-state index in [1.165, 1.54) is 19.4 Å². The molecule has 0 aliphatic heterocycles. The summed E-state index contributed by atoms with van der Waals surface area (Å²) < 4.78 is 4.81. The molecule has 0 aliphatic rings. The number of carbonyl (C=O) groups excluding carboxylic acids is 1.